The summed E-state index contributed by atoms with van der Waals surface area (Å²) in [4.78, 5) is 22.2. The Morgan fingerprint density at radius 3 is 2.34 bits per heavy atom. The van der Waals surface area contributed by atoms with Crippen LogP contribution in [0, 0.1) is 13.8 Å². The maximum absolute atomic E-state index is 13.2. The fourth-order valence-corrected chi connectivity index (χ4v) is 3.63. The predicted molar refractivity (Wildman–Crippen MR) is 124 cm³/mol. The van der Waals surface area contributed by atoms with Gasteiger partial charge in [0, 0.05) is 22.6 Å². The molecular formula is C22H25N9O. The molecule has 0 spiro atoms. The number of hydrogen-bond acceptors (Lipinski definition) is 8. The first-order valence-corrected chi connectivity index (χ1v) is 10.0. The maximum atomic E-state index is 13.2. The number of anilines is 1. The quantitative estimate of drug-likeness (QED) is 0.273. The second-order valence-electron chi connectivity index (χ2n) is 7.59. The third-order valence-corrected chi connectivity index (χ3v) is 5.19. The van der Waals surface area contributed by atoms with Gasteiger partial charge in [-0.1, -0.05) is 30.3 Å². The van der Waals surface area contributed by atoms with Crippen molar-refractivity contribution in [3.05, 3.63) is 75.7 Å². The normalized spacial score (nSPS) is 12.1. The van der Waals surface area contributed by atoms with Gasteiger partial charge in [-0.3, -0.25) is 10.8 Å². The largest absolute Gasteiger partial charge is 0.399 e. The highest BCUT2D eigenvalue weighted by Gasteiger charge is 2.22. The van der Waals surface area contributed by atoms with Gasteiger partial charge in [0.2, 0.25) is 5.95 Å². The van der Waals surface area contributed by atoms with E-state index >= 15 is 0 Å². The highest BCUT2D eigenvalue weighted by atomic mass is 16.2. The Balaban J connectivity index is 2.08. The van der Waals surface area contributed by atoms with E-state index in [0.717, 1.165) is 22.5 Å². The Labute approximate surface area is 184 Å². The van der Waals surface area contributed by atoms with Crippen LogP contribution in [0.25, 0.3) is 28.0 Å². The molecule has 0 aliphatic rings. The Morgan fingerprint density at radius 2 is 1.72 bits per heavy atom. The van der Waals surface area contributed by atoms with E-state index in [2.05, 4.69) is 20.5 Å². The molecule has 4 aromatic rings. The number of rotatable bonds is 5. The number of pyridine rings is 1. The number of aryl methyl sites for hydroxylation is 2. The number of nitrogen functional groups attached to an aromatic ring is 1. The van der Waals surface area contributed by atoms with Gasteiger partial charge in [0.25, 0.3) is 0 Å². The van der Waals surface area contributed by atoms with Crippen LogP contribution in [0.15, 0.2) is 58.7 Å². The number of allylic oxidation sites excluding steroid dienone is 2. The van der Waals surface area contributed by atoms with Crippen LogP contribution in [0.2, 0.25) is 0 Å². The minimum Gasteiger partial charge on any atom is -0.399 e. The van der Waals surface area contributed by atoms with Gasteiger partial charge in [0.15, 0.2) is 5.65 Å². The van der Waals surface area contributed by atoms with E-state index in [-0.39, 0.29) is 12.5 Å². The minimum absolute atomic E-state index is 0.0394. The van der Waals surface area contributed by atoms with E-state index in [1.165, 1.54) is 9.08 Å². The van der Waals surface area contributed by atoms with E-state index in [0.29, 0.717) is 28.3 Å². The third-order valence-electron chi connectivity index (χ3n) is 5.19. The molecule has 164 valence electrons. The lowest BCUT2D eigenvalue weighted by Gasteiger charge is -2.13. The van der Waals surface area contributed by atoms with Gasteiger partial charge in [0.1, 0.15) is 0 Å². The van der Waals surface area contributed by atoms with Gasteiger partial charge >= 0.3 is 5.69 Å². The van der Waals surface area contributed by atoms with Crippen LogP contribution < -0.4 is 28.4 Å². The van der Waals surface area contributed by atoms with Crippen molar-refractivity contribution in [1.29, 1.82) is 0 Å². The van der Waals surface area contributed by atoms with Crippen molar-refractivity contribution in [2.45, 2.75) is 27.3 Å². The molecule has 10 heteroatoms. The molecule has 4 rings (SSSR count). The van der Waals surface area contributed by atoms with Crippen molar-refractivity contribution < 1.29 is 0 Å². The lowest BCUT2D eigenvalue weighted by atomic mass is 9.99. The van der Waals surface area contributed by atoms with Gasteiger partial charge in [-0.25, -0.2) is 18.9 Å². The van der Waals surface area contributed by atoms with Crippen LogP contribution in [0.1, 0.15) is 18.3 Å². The summed E-state index contributed by atoms with van der Waals surface area (Å²) >= 11 is 0. The fourth-order valence-electron chi connectivity index (χ4n) is 3.63. The minimum atomic E-state index is -0.443. The molecule has 0 bridgehead atoms. The Hall–Kier alpha value is -4.18. The number of benzene rings is 1. The summed E-state index contributed by atoms with van der Waals surface area (Å²) in [5.41, 5.74) is 20.4. The Bertz CT molecular complexity index is 1380. The molecule has 0 aliphatic carbocycles. The Kier molecular flexibility index (Phi) is 5.37. The van der Waals surface area contributed by atoms with Crippen molar-refractivity contribution >= 4 is 11.6 Å². The number of nitrogens with one attached hydrogen (secondary N) is 1. The highest BCUT2D eigenvalue weighted by molar-refractivity contribution is 5.90. The number of nitrogens with zero attached hydrogens (tertiary/aromatic N) is 5. The zero-order valence-electron chi connectivity index (χ0n) is 18.1. The molecule has 0 fully saturated rings. The molecule has 0 atom stereocenters. The number of aromatic nitrogens is 5. The molecule has 0 saturated heterocycles. The zero-order valence-corrected chi connectivity index (χ0v) is 18.1. The first kappa shape index (κ1) is 21.1. The van der Waals surface area contributed by atoms with Crippen molar-refractivity contribution in [3.63, 3.8) is 0 Å². The van der Waals surface area contributed by atoms with Gasteiger partial charge in [-0.2, -0.15) is 0 Å². The van der Waals surface area contributed by atoms with E-state index in [9.17, 15) is 4.79 Å². The second-order valence-corrected chi connectivity index (χ2v) is 7.59. The van der Waals surface area contributed by atoms with Crippen molar-refractivity contribution in [2.24, 2.45) is 11.6 Å². The molecular weight excluding hydrogens is 406 g/mol. The second kappa shape index (κ2) is 8.16. The van der Waals surface area contributed by atoms with Crippen LogP contribution >= 0.6 is 0 Å². The molecule has 3 heterocycles. The molecule has 7 N–H and O–H groups in total. The number of hydrogen-bond donors (Lipinski definition) is 4. The van der Waals surface area contributed by atoms with Crippen LogP contribution in [0.5, 0.6) is 0 Å². The molecule has 1 aromatic carbocycles. The molecule has 0 aliphatic heterocycles. The van der Waals surface area contributed by atoms with Crippen molar-refractivity contribution in [1.82, 2.24) is 29.6 Å². The first-order chi connectivity index (χ1) is 15.3. The molecule has 0 radical (unpaired) electrons. The molecule has 3 aromatic heterocycles. The monoisotopic (exact) mass is 431 g/mol. The van der Waals surface area contributed by atoms with Gasteiger partial charge in [0.05, 0.1) is 23.5 Å². The van der Waals surface area contributed by atoms with E-state index in [1.54, 1.807) is 6.92 Å². The average Bonchev–Trinajstić information content (AvgIpc) is 3.09. The molecule has 10 nitrogen and oxygen atoms in total. The summed E-state index contributed by atoms with van der Waals surface area (Å²) in [6.07, 6.45) is 0. The van der Waals surface area contributed by atoms with Crippen LogP contribution in [0.4, 0.5) is 5.95 Å². The van der Waals surface area contributed by atoms with Gasteiger partial charge < -0.3 is 16.9 Å². The lowest BCUT2D eigenvalue weighted by Crippen LogP contribution is -2.29. The van der Waals surface area contributed by atoms with Crippen LogP contribution in [-0.2, 0) is 6.54 Å². The highest BCUT2D eigenvalue weighted by Crippen LogP contribution is 2.34. The SMILES string of the molecule is C/C(NN)=C(/N)Cn1nc2c(-c3cc(C)nc(C)c3)c(-c3ccccc3)nc(N)n2c1=O. The molecule has 0 amide bonds. The number of hydrazine groups is 1. The standard InChI is InChI=1S/C22H25N9O/c1-12-9-16(10-13(2)26-12)18-19(15-7-5-4-6-8-15)27-21(24)31-20(18)29-30(22(31)32)11-17(23)14(3)28-25/h4-10,28H,11,23,25H2,1-3H3,(H2,24,27)/b17-14-. The van der Waals surface area contributed by atoms with E-state index in [4.69, 9.17) is 17.3 Å². The average molecular weight is 432 g/mol. The topological polar surface area (TPSA) is 155 Å². The van der Waals surface area contributed by atoms with Crippen LogP contribution in [-0.4, -0.2) is 24.1 Å². The zero-order chi connectivity index (χ0) is 23.0. The van der Waals surface area contributed by atoms with Crippen molar-refractivity contribution in [2.75, 3.05) is 5.73 Å². The molecule has 0 saturated carbocycles. The summed E-state index contributed by atoms with van der Waals surface area (Å²) in [7, 11) is 0. The summed E-state index contributed by atoms with van der Waals surface area (Å²) in [6.45, 7) is 5.59. The van der Waals surface area contributed by atoms with E-state index in [1.807, 2.05) is 56.3 Å². The summed E-state index contributed by atoms with van der Waals surface area (Å²) < 4.78 is 2.55. The smallest absolute Gasteiger partial charge is 0.353 e. The summed E-state index contributed by atoms with van der Waals surface area (Å²) in [5, 5.41) is 4.60. The van der Waals surface area contributed by atoms with Gasteiger partial charge in [-0.15, -0.1) is 5.10 Å². The predicted octanol–water partition coefficient (Wildman–Crippen LogP) is 1.47. The van der Waals surface area contributed by atoms with Crippen LogP contribution in [0.3, 0.4) is 0 Å². The molecule has 0 unspecified atom stereocenters. The maximum Gasteiger partial charge on any atom is 0.353 e. The summed E-state index contributed by atoms with van der Waals surface area (Å²) in [5.74, 6) is 5.48. The summed E-state index contributed by atoms with van der Waals surface area (Å²) in [6, 6.07) is 13.5. The van der Waals surface area contributed by atoms with Gasteiger partial charge in [-0.05, 0) is 38.5 Å². The third kappa shape index (κ3) is 3.67. The molecule has 32 heavy (non-hydrogen) atoms. The lowest BCUT2D eigenvalue weighted by molar-refractivity contribution is 0.634. The first-order valence-electron chi connectivity index (χ1n) is 10.0. The van der Waals surface area contributed by atoms with E-state index < -0.39 is 5.69 Å². The van der Waals surface area contributed by atoms with Crippen molar-refractivity contribution in [3.8, 4) is 22.4 Å². The number of nitrogens with two attached hydrogens (primary N) is 3. The number of fused-ring (bicyclic) bond motifs is 1. The fraction of sp³-hybridized carbons (Fsp3) is 0.182. The Morgan fingerprint density at radius 1 is 1.06 bits per heavy atom.